The highest BCUT2D eigenvalue weighted by molar-refractivity contribution is 5.99. The number of amides is 1. The second-order valence-electron chi connectivity index (χ2n) is 11.1. The lowest BCUT2D eigenvalue weighted by Crippen LogP contribution is -2.43. The predicted molar refractivity (Wildman–Crippen MR) is 165 cm³/mol. The van der Waals surface area contributed by atoms with E-state index >= 15 is 0 Å². The van der Waals surface area contributed by atoms with Gasteiger partial charge in [0.2, 0.25) is 0 Å². The van der Waals surface area contributed by atoms with Gasteiger partial charge in [-0.3, -0.25) is 19.6 Å². The van der Waals surface area contributed by atoms with Crippen molar-refractivity contribution in [2.24, 2.45) is 7.05 Å². The van der Waals surface area contributed by atoms with E-state index in [2.05, 4.69) is 15.3 Å². The number of benzene rings is 3. The third-order valence-corrected chi connectivity index (χ3v) is 8.04. The Balaban J connectivity index is 1.49. The summed E-state index contributed by atoms with van der Waals surface area (Å²) in [4.78, 5) is 47.3. The van der Waals surface area contributed by atoms with E-state index in [4.69, 9.17) is 0 Å². The standard InChI is InChI=1S/C33H27F6N5O4/c1-4-25(33(37,38)39)42-18-13-21(35)27(22(36)14-18)30(45)43-23(32(47)48)11-16-5-7-19(29-28(16)40-9-10-41-29)26-15(2)20-12-17(34)6-8-24(20)44(3)31(26)46/h5-10,12-14,23,25,42H,4,11H2,1-3H3,(H,43,45)(H,47,48). The molecule has 3 N–H and O–H groups in total. The van der Waals surface area contributed by atoms with Crippen molar-refractivity contribution >= 4 is 39.5 Å². The van der Waals surface area contributed by atoms with Crippen molar-refractivity contribution in [1.29, 1.82) is 0 Å². The number of carboxylic acid groups (broad SMARTS) is 1. The highest BCUT2D eigenvalue weighted by Crippen LogP contribution is 2.33. The molecule has 0 saturated carbocycles. The number of fused-ring (bicyclic) bond motifs is 2. The van der Waals surface area contributed by atoms with Crippen molar-refractivity contribution in [2.45, 2.75) is 44.9 Å². The highest BCUT2D eigenvalue weighted by atomic mass is 19.4. The van der Waals surface area contributed by atoms with E-state index in [1.165, 1.54) is 61.3 Å². The van der Waals surface area contributed by atoms with Crippen molar-refractivity contribution in [3.05, 3.63) is 99.4 Å². The van der Waals surface area contributed by atoms with Crippen LogP contribution in [0.1, 0.15) is 34.8 Å². The topological polar surface area (TPSA) is 126 Å². The zero-order valence-electron chi connectivity index (χ0n) is 25.5. The third-order valence-electron chi connectivity index (χ3n) is 8.04. The van der Waals surface area contributed by atoms with Gasteiger partial charge in [0.15, 0.2) is 0 Å². The van der Waals surface area contributed by atoms with Crippen LogP contribution in [0.25, 0.3) is 33.1 Å². The van der Waals surface area contributed by atoms with Crippen LogP contribution in [0.2, 0.25) is 0 Å². The van der Waals surface area contributed by atoms with Gasteiger partial charge in [0.05, 0.1) is 22.1 Å². The summed E-state index contributed by atoms with van der Waals surface area (Å²) >= 11 is 0. The molecule has 15 heteroatoms. The number of rotatable bonds is 9. The number of pyridine rings is 1. The minimum atomic E-state index is -4.71. The summed E-state index contributed by atoms with van der Waals surface area (Å²) in [6, 6.07) is 4.18. The Morgan fingerprint density at radius 1 is 0.979 bits per heavy atom. The summed E-state index contributed by atoms with van der Waals surface area (Å²) in [5, 5.41) is 14.4. The van der Waals surface area contributed by atoms with Crippen LogP contribution in [-0.2, 0) is 18.3 Å². The molecule has 0 spiro atoms. The average Bonchev–Trinajstić information content (AvgIpc) is 3.02. The van der Waals surface area contributed by atoms with Gasteiger partial charge in [-0.25, -0.2) is 18.0 Å². The molecule has 5 aromatic rings. The second kappa shape index (κ2) is 13.0. The normalized spacial score (nSPS) is 13.0. The van der Waals surface area contributed by atoms with E-state index in [9.17, 15) is 45.8 Å². The summed E-state index contributed by atoms with van der Waals surface area (Å²) in [7, 11) is 1.54. The Bertz CT molecular complexity index is 2130. The number of aliphatic carboxylic acids is 1. The van der Waals surface area contributed by atoms with Crippen LogP contribution in [0.3, 0.4) is 0 Å². The fourth-order valence-corrected chi connectivity index (χ4v) is 5.61. The quantitative estimate of drug-likeness (QED) is 0.163. The van der Waals surface area contributed by atoms with Gasteiger partial charge in [-0.1, -0.05) is 19.1 Å². The number of carboxylic acids is 1. The number of hydrogen-bond donors (Lipinski definition) is 3. The molecular weight excluding hydrogens is 644 g/mol. The van der Waals surface area contributed by atoms with Gasteiger partial charge < -0.3 is 20.3 Å². The van der Waals surface area contributed by atoms with Gasteiger partial charge in [0.25, 0.3) is 11.5 Å². The Morgan fingerprint density at radius 2 is 1.62 bits per heavy atom. The van der Waals surface area contributed by atoms with Crippen molar-refractivity contribution in [3.8, 4) is 11.1 Å². The summed E-state index contributed by atoms with van der Waals surface area (Å²) in [5.41, 5.74) is -0.0409. The third kappa shape index (κ3) is 6.39. The van der Waals surface area contributed by atoms with Gasteiger partial charge in [0.1, 0.15) is 35.1 Å². The number of anilines is 1. The first-order chi connectivity index (χ1) is 22.6. The van der Waals surface area contributed by atoms with Crippen molar-refractivity contribution in [3.63, 3.8) is 0 Å². The molecule has 0 aliphatic heterocycles. The molecule has 48 heavy (non-hydrogen) atoms. The molecule has 2 aromatic heterocycles. The van der Waals surface area contributed by atoms with Crippen LogP contribution in [0.15, 0.2) is 59.7 Å². The zero-order chi connectivity index (χ0) is 35.1. The predicted octanol–water partition coefficient (Wildman–Crippen LogP) is 6.05. The van der Waals surface area contributed by atoms with E-state index in [1.54, 1.807) is 6.92 Å². The molecule has 0 bridgehead atoms. The number of aromatic nitrogens is 3. The minimum absolute atomic E-state index is 0.166. The van der Waals surface area contributed by atoms with Crippen LogP contribution in [0, 0.1) is 24.4 Å². The van der Waals surface area contributed by atoms with E-state index < -0.39 is 77.2 Å². The lowest BCUT2D eigenvalue weighted by molar-refractivity contribution is -0.143. The Labute approximate surface area is 268 Å². The molecule has 2 unspecified atom stereocenters. The number of carbonyl (C=O) groups is 2. The Kier molecular flexibility index (Phi) is 9.15. The smallest absolute Gasteiger partial charge is 0.408 e. The number of carbonyl (C=O) groups excluding carboxylic acids is 1. The summed E-state index contributed by atoms with van der Waals surface area (Å²) in [6.45, 7) is 2.88. The van der Waals surface area contributed by atoms with Crippen molar-refractivity contribution < 1.29 is 41.0 Å². The first-order valence-corrected chi connectivity index (χ1v) is 14.5. The van der Waals surface area contributed by atoms with E-state index in [1.807, 2.05) is 5.32 Å². The largest absolute Gasteiger partial charge is 0.480 e. The van der Waals surface area contributed by atoms with E-state index in [-0.39, 0.29) is 22.2 Å². The van der Waals surface area contributed by atoms with Crippen LogP contribution < -0.4 is 16.2 Å². The minimum Gasteiger partial charge on any atom is -0.480 e. The maximum absolute atomic E-state index is 14.9. The first kappa shape index (κ1) is 33.9. The van der Waals surface area contributed by atoms with Gasteiger partial charge in [-0.15, -0.1) is 0 Å². The summed E-state index contributed by atoms with van der Waals surface area (Å²) in [6.07, 6.45) is -2.90. The van der Waals surface area contributed by atoms with Crippen LogP contribution in [0.4, 0.5) is 32.0 Å². The number of aryl methyl sites for hydroxylation is 2. The summed E-state index contributed by atoms with van der Waals surface area (Å²) < 4.78 is 84.7. The number of alkyl halides is 3. The number of hydrogen-bond acceptors (Lipinski definition) is 6. The first-order valence-electron chi connectivity index (χ1n) is 14.5. The second-order valence-corrected chi connectivity index (χ2v) is 11.1. The molecular formula is C33H27F6N5O4. The molecule has 0 radical (unpaired) electrons. The van der Waals surface area contributed by atoms with Crippen LogP contribution in [-0.4, -0.2) is 49.8 Å². The fourth-order valence-electron chi connectivity index (χ4n) is 5.61. The molecule has 3 aromatic carbocycles. The van der Waals surface area contributed by atoms with Crippen LogP contribution in [0.5, 0.6) is 0 Å². The number of nitrogens with one attached hydrogen (secondary N) is 2. The zero-order valence-corrected chi connectivity index (χ0v) is 25.5. The fraction of sp³-hybridized carbons (Fsp3) is 0.242. The number of nitrogens with zero attached hydrogens (tertiary/aromatic N) is 3. The Hall–Kier alpha value is -5.47. The van der Waals surface area contributed by atoms with E-state index in [0.717, 1.165) is 0 Å². The summed E-state index contributed by atoms with van der Waals surface area (Å²) in [5.74, 6) is -6.55. The van der Waals surface area contributed by atoms with Crippen molar-refractivity contribution in [2.75, 3.05) is 5.32 Å². The molecule has 0 aliphatic carbocycles. The van der Waals surface area contributed by atoms with Crippen molar-refractivity contribution in [1.82, 2.24) is 19.9 Å². The molecule has 5 rings (SSSR count). The van der Waals surface area contributed by atoms with Gasteiger partial charge in [-0.05, 0) is 54.8 Å². The lowest BCUT2D eigenvalue weighted by atomic mass is 9.94. The maximum atomic E-state index is 14.9. The molecule has 1 amide bonds. The van der Waals surface area contributed by atoms with Crippen LogP contribution >= 0.6 is 0 Å². The molecule has 2 heterocycles. The molecule has 0 aliphatic rings. The van der Waals surface area contributed by atoms with Gasteiger partial charge in [-0.2, -0.15) is 13.2 Å². The highest BCUT2D eigenvalue weighted by Gasteiger charge is 2.38. The van der Waals surface area contributed by atoms with E-state index in [0.29, 0.717) is 34.2 Å². The molecule has 2 atom stereocenters. The number of halogens is 6. The molecule has 250 valence electrons. The Morgan fingerprint density at radius 3 is 2.23 bits per heavy atom. The van der Waals surface area contributed by atoms with Gasteiger partial charge in [0, 0.05) is 42.5 Å². The SMILES string of the molecule is CCC(Nc1cc(F)c(C(=O)NC(Cc2ccc(-c3c(C)c4cc(F)ccc4n(C)c3=O)c3nccnc23)C(=O)O)c(F)c1)C(F)(F)F. The molecule has 0 fully saturated rings. The lowest BCUT2D eigenvalue weighted by Gasteiger charge is -2.22. The average molecular weight is 672 g/mol. The monoisotopic (exact) mass is 671 g/mol. The van der Waals surface area contributed by atoms with Gasteiger partial charge >= 0.3 is 12.1 Å². The maximum Gasteiger partial charge on any atom is 0.408 e. The molecule has 9 nitrogen and oxygen atoms in total. The molecule has 0 saturated heterocycles.